The van der Waals surface area contributed by atoms with Crippen LogP contribution in [0.15, 0.2) is 47.6 Å². The Bertz CT molecular complexity index is 911. The summed E-state index contributed by atoms with van der Waals surface area (Å²) in [4.78, 5) is 25.7. The lowest BCUT2D eigenvalue weighted by atomic mass is 9.97. The van der Waals surface area contributed by atoms with Gasteiger partial charge >= 0.3 is 0 Å². The second-order valence-electron chi connectivity index (χ2n) is 7.15. The maximum absolute atomic E-state index is 13.2. The molecule has 2 heterocycles. The molecule has 0 spiro atoms. The van der Waals surface area contributed by atoms with Gasteiger partial charge in [0.15, 0.2) is 0 Å². The number of carbonyl (C=O) groups is 1. The lowest BCUT2D eigenvalue weighted by Gasteiger charge is -2.23. The molecule has 2 aromatic rings. The highest BCUT2D eigenvalue weighted by molar-refractivity contribution is 6.04. The second kappa shape index (κ2) is 7.74. The van der Waals surface area contributed by atoms with E-state index in [2.05, 4.69) is 16.0 Å². The van der Waals surface area contributed by atoms with Crippen molar-refractivity contribution in [3.63, 3.8) is 0 Å². The van der Waals surface area contributed by atoms with Gasteiger partial charge in [-0.3, -0.25) is 14.8 Å². The first-order valence-electron chi connectivity index (χ1n) is 9.07. The van der Waals surface area contributed by atoms with E-state index in [0.717, 1.165) is 33.8 Å². The van der Waals surface area contributed by atoms with Crippen molar-refractivity contribution in [3.8, 4) is 11.1 Å². The van der Waals surface area contributed by atoms with Crippen LogP contribution in [0, 0.1) is 13.8 Å². The Kier molecular flexibility index (Phi) is 5.40. The fourth-order valence-electron chi connectivity index (χ4n) is 3.23. The smallest absolute Gasteiger partial charge is 0.254 e. The molecule has 0 saturated carbocycles. The summed E-state index contributed by atoms with van der Waals surface area (Å²) in [5.74, 6) is 0.000482. The van der Waals surface area contributed by atoms with Gasteiger partial charge in [0, 0.05) is 49.8 Å². The minimum absolute atomic E-state index is 0.000482. The monoisotopic (exact) mass is 362 g/mol. The summed E-state index contributed by atoms with van der Waals surface area (Å²) in [7, 11) is 5.82. The third-order valence-electron chi connectivity index (χ3n) is 4.79. The molecule has 27 heavy (non-hydrogen) atoms. The van der Waals surface area contributed by atoms with Gasteiger partial charge in [0.25, 0.3) is 5.91 Å². The summed E-state index contributed by atoms with van der Waals surface area (Å²) in [6, 6.07) is 8.12. The summed E-state index contributed by atoms with van der Waals surface area (Å²) < 4.78 is 0. The van der Waals surface area contributed by atoms with Crippen LogP contribution in [-0.2, 0) is 0 Å². The van der Waals surface area contributed by atoms with Gasteiger partial charge in [-0.2, -0.15) is 0 Å². The Hall–Kier alpha value is -2.95. The molecule has 0 radical (unpaired) electrons. The number of nitrogens with zero attached hydrogens (tertiary/aromatic N) is 4. The maximum Gasteiger partial charge on any atom is 0.254 e. The molecule has 0 unspecified atom stereocenters. The fourth-order valence-corrected chi connectivity index (χ4v) is 3.23. The molecule has 0 atom stereocenters. The lowest BCUT2D eigenvalue weighted by Crippen LogP contribution is -2.32. The lowest BCUT2D eigenvalue weighted by molar-refractivity contribution is 0.0814. The van der Waals surface area contributed by atoms with Crippen LogP contribution < -0.4 is 4.90 Å². The molecule has 1 aliphatic heterocycles. The number of aromatic nitrogens is 1. The van der Waals surface area contributed by atoms with E-state index in [1.165, 1.54) is 0 Å². The molecule has 1 aliphatic rings. The minimum atomic E-state index is 0.000482. The van der Waals surface area contributed by atoms with Crippen LogP contribution in [0.2, 0.25) is 0 Å². The van der Waals surface area contributed by atoms with Crippen LogP contribution in [-0.4, -0.2) is 55.7 Å². The Balaban J connectivity index is 2.01. The van der Waals surface area contributed by atoms with Crippen molar-refractivity contribution in [2.24, 2.45) is 4.99 Å². The molecular formula is C22H26N4O. The predicted octanol–water partition coefficient (Wildman–Crippen LogP) is 3.51. The summed E-state index contributed by atoms with van der Waals surface area (Å²) in [6.45, 7) is 5.19. The quantitative estimate of drug-likeness (QED) is 0.818. The van der Waals surface area contributed by atoms with Crippen molar-refractivity contribution in [1.82, 2.24) is 9.88 Å². The average molecular weight is 362 g/mol. The molecule has 0 fully saturated rings. The van der Waals surface area contributed by atoms with E-state index in [0.29, 0.717) is 18.7 Å². The van der Waals surface area contributed by atoms with Gasteiger partial charge in [-0.1, -0.05) is 12.1 Å². The molecule has 0 aliphatic carbocycles. The first-order valence-corrected chi connectivity index (χ1v) is 9.07. The van der Waals surface area contributed by atoms with Crippen LogP contribution >= 0.6 is 0 Å². The van der Waals surface area contributed by atoms with Crippen LogP contribution in [0.25, 0.3) is 11.1 Å². The van der Waals surface area contributed by atoms with Gasteiger partial charge < -0.3 is 9.80 Å². The van der Waals surface area contributed by atoms with Crippen LogP contribution in [0.4, 0.5) is 5.69 Å². The average Bonchev–Trinajstić information content (AvgIpc) is 3.14. The number of pyridine rings is 1. The van der Waals surface area contributed by atoms with Crippen molar-refractivity contribution in [2.45, 2.75) is 13.8 Å². The van der Waals surface area contributed by atoms with Gasteiger partial charge in [0.2, 0.25) is 0 Å². The number of amides is 1. The molecular weight excluding hydrogens is 336 g/mol. The Morgan fingerprint density at radius 3 is 2.48 bits per heavy atom. The van der Waals surface area contributed by atoms with E-state index < -0.39 is 0 Å². The molecule has 5 nitrogen and oxygen atoms in total. The topological polar surface area (TPSA) is 48.8 Å². The highest BCUT2D eigenvalue weighted by Crippen LogP contribution is 2.30. The molecule has 0 N–H and O–H groups in total. The van der Waals surface area contributed by atoms with Crippen molar-refractivity contribution in [2.75, 3.05) is 39.1 Å². The Morgan fingerprint density at radius 1 is 1.11 bits per heavy atom. The highest BCUT2D eigenvalue weighted by Gasteiger charge is 2.20. The van der Waals surface area contributed by atoms with Gasteiger partial charge in [-0.15, -0.1) is 0 Å². The first-order chi connectivity index (χ1) is 12.9. The Morgan fingerprint density at radius 2 is 1.89 bits per heavy atom. The number of aliphatic imine (C=N–C) groups is 1. The summed E-state index contributed by atoms with van der Waals surface area (Å²) >= 11 is 0. The summed E-state index contributed by atoms with van der Waals surface area (Å²) in [5, 5.41) is 0. The van der Waals surface area contributed by atoms with E-state index in [1.807, 2.05) is 76.4 Å². The molecule has 0 saturated heterocycles. The zero-order valence-electron chi connectivity index (χ0n) is 16.7. The minimum Gasteiger partial charge on any atom is -0.377 e. The molecule has 5 heteroatoms. The number of benzene rings is 1. The fraction of sp³-hybridized carbons (Fsp3) is 0.318. The van der Waals surface area contributed by atoms with Crippen molar-refractivity contribution >= 4 is 17.3 Å². The number of hydrogen-bond donors (Lipinski definition) is 0. The second-order valence-corrected chi connectivity index (χ2v) is 7.15. The number of aryl methyl sites for hydroxylation is 1. The highest BCUT2D eigenvalue weighted by atomic mass is 16.2. The summed E-state index contributed by atoms with van der Waals surface area (Å²) in [5.41, 5.74) is 6.62. The van der Waals surface area contributed by atoms with Gasteiger partial charge in [0.05, 0.1) is 18.8 Å². The standard InChI is InChI=1S/C22H26N4O/c1-15-8-9-17(13-24-15)18-11-20(16(2)21(12-18)25(3)4)22(27)26(5)14-19-7-6-10-23-19/h6-9,11-13H,10,14H2,1-5H3. The normalized spacial score (nSPS) is 12.9. The molecule has 3 rings (SSSR count). The SMILES string of the molecule is Cc1ccc(-c2cc(C(=O)N(C)CC3=NCC=C3)c(C)c(N(C)C)c2)cn1. The molecule has 1 amide bonds. The van der Waals surface area contributed by atoms with Gasteiger partial charge in [-0.25, -0.2) is 0 Å². The molecule has 1 aromatic heterocycles. The third kappa shape index (κ3) is 4.08. The van der Waals surface area contributed by atoms with E-state index >= 15 is 0 Å². The van der Waals surface area contributed by atoms with E-state index in [1.54, 1.807) is 4.90 Å². The van der Waals surface area contributed by atoms with Crippen LogP contribution in [0.5, 0.6) is 0 Å². The number of rotatable bonds is 5. The zero-order chi connectivity index (χ0) is 19.6. The maximum atomic E-state index is 13.2. The predicted molar refractivity (Wildman–Crippen MR) is 112 cm³/mol. The zero-order valence-corrected chi connectivity index (χ0v) is 16.7. The van der Waals surface area contributed by atoms with E-state index in [4.69, 9.17) is 0 Å². The van der Waals surface area contributed by atoms with Crippen molar-refractivity contribution in [1.29, 1.82) is 0 Å². The number of hydrogen-bond acceptors (Lipinski definition) is 4. The molecule has 1 aromatic carbocycles. The molecule has 140 valence electrons. The molecule has 0 bridgehead atoms. The number of anilines is 1. The largest absolute Gasteiger partial charge is 0.377 e. The van der Waals surface area contributed by atoms with E-state index in [-0.39, 0.29) is 5.91 Å². The Labute approximate surface area is 161 Å². The van der Waals surface area contributed by atoms with Gasteiger partial charge in [0.1, 0.15) is 0 Å². The summed E-state index contributed by atoms with van der Waals surface area (Å²) in [6.07, 6.45) is 5.85. The number of carbonyl (C=O) groups excluding carboxylic acids is 1. The van der Waals surface area contributed by atoms with Crippen molar-refractivity contribution in [3.05, 3.63) is 59.4 Å². The van der Waals surface area contributed by atoms with Crippen molar-refractivity contribution < 1.29 is 4.79 Å². The van der Waals surface area contributed by atoms with E-state index in [9.17, 15) is 4.79 Å². The van der Waals surface area contributed by atoms with Gasteiger partial charge in [-0.05, 0) is 49.2 Å². The van der Waals surface area contributed by atoms with Crippen LogP contribution in [0.1, 0.15) is 21.6 Å². The first kappa shape index (κ1) is 18.8. The third-order valence-corrected chi connectivity index (χ3v) is 4.79. The van der Waals surface area contributed by atoms with Crippen LogP contribution in [0.3, 0.4) is 0 Å².